The van der Waals surface area contributed by atoms with E-state index in [-0.39, 0.29) is 5.82 Å². The Hall–Kier alpha value is -1.13. The molecule has 0 amide bonds. The molecule has 0 unspecified atom stereocenters. The Morgan fingerprint density at radius 3 is 2.94 bits per heavy atom. The second kappa shape index (κ2) is 5.98. The molecule has 1 heterocycles. The van der Waals surface area contributed by atoms with Crippen molar-refractivity contribution in [2.45, 2.75) is 13.0 Å². The van der Waals surface area contributed by atoms with Crippen molar-refractivity contribution in [3.8, 4) is 0 Å². The zero-order valence-electron chi connectivity index (χ0n) is 9.25. The summed E-state index contributed by atoms with van der Waals surface area (Å²) < 4.78 is 19.5. The largest absolute Gasteiger partial charge is 0.469 e. The molecule has 0 fully saturated rings. The molecule has 1 aromatic carbocycles. The van der Waals surface area contributed by atoms with E-state index < -0.39 is 0 Å². The third-order valence-corrected chi connectivity index (χ3v) is 2.94. The minimum Gasteiger partial charge on any atom is -0.469 e. The Morgan fingerprint density at radius 1 is 1.29 bits per heavy atom. The third-order valence-electron chi connectivity index (χ3n) is 2.45. The summed E-state index contributed by atoms with van der Waals surface area (Å²) in [6.07, 6.45) is 2.46. The highest BCUT2D eigenvalue weighted by atomic mass is 79.9. The molecule has 0 aliphatic rings. The Kier molecular flexibility index (Phi) is 4.34. The van der Waals surface area contributed by atoms with Crippen LogP contribution in [0.4, 0.5) is 4.39 Å². The van der Waals surface area contributed by atoms with Crippen molar-refractivity contribution >= 4 is 15.9 Å². The molecule has 2 aromatic rings. The number of hydrogen-bond acceptors (Lipinski definition) is 2. The summed E-state index contributed by atoms with van der Waals surface area (Å²) >= 11 is 3.33. The summed E-state index contributed by atoms with van der Waals surface area (Å²) in [6.45, 7) is 1.28. The maximum Gasteiger partial charge on any atom is 0.127 e. The summed E-state index contributed by atoms with van der Waals surface area (Å²) in [7, 11) is 0. The quantitative estimate of drug-likeness (QED) is 0.855. The zero-order chi connectivity index (χ0) is 12.1. The molecule has 90 valence electrons. The maximum atomic E-state index is 13.4. The van der Waals surface area contributed by atoms with Crippen LogP contribution in [-0.2, 0) is 13.0 Å². The second-order valence-corrected chi connectivity index (χ2v) is 4.66. The van der Waals surface area contributed by atoms with Gasteiger partial charge in [0.15, 0.2) is 0 Å². The molecule has 0 radical (unpaired) electrons. The average Bonchev–Trinajstić information content (AvgIpc) is 2.82. The molecule has 0 aliphatic heterocycles. The maximum absolute atomic E-state index is 13.4. The van der Waals surface area contributed by atoms with Gasteiger partial charge in [-0.25, -0.2) is 4.39 Å². The van der Waals surface area contributed by atoms with Crippen molar-refractivity contribution in [1.82, 2.24) is 5.32 Å². The van der Waals surface area contributed by atoms with E-state index in [2.05, 4.69) is 21.2 Å². The van der Waals surface area contributed by atoms with Crippen LogP contribution in [0.3, 0.4) is 0 Å². The summed E-state index contributed by atoms with van der Waals surface area (Å²) in [4.78, 5) is 0. The molecule has 0 saturated carbocycles. The molecule has 1 N–H and O–H groups in total. The number of benzene rings is 1. The first-order valence-corrected chi connectivity index (χ1v) is 6.22. The van der Waals surface area contributed by atoms with E-state index in [0.29, 0.717) is 12.1 Å². The first-order chi connectivity index (χ1) is 8.25. The molecule has 0 atom stereocenters. The topological polar surface area (TPSA) is 25.2 Å². The van der Waals surface area contributed by atoms with Crippen molar-refractivity contribution in [3.63, 3.8) is 0 Å². The molecular weight excluding hydrogens is 285 g/mol. The van der Waals surface area contributed by atoms with Gasteiger partial charge >= 0.3 is 0 Å². The third kappa shape index (κ3) is 3.68. The van der Waals surface area contributed by atoms with Gasteiger partial charge < -0.3 is 9.73 Å². The molecule has 0 aliphatic carbocycles. The molecule has 0 bridgehead atoms. The van der Waals surface area contributed by atoms with Gasteiger partial charge in [-0.2, -0.15) is 0 Å². The Bertz CT molecular complexity index is 470. The molecule has 2 rings (SSSR count). The van der Waals surface area contributed by atoms with Crippen LogP contribution >= 0.6 is 15.9 Å². The zero-order valence-corrected chi connectivity index (χ0v) is 10.8. The van der Waals surface area contributed by atoms with Gasteiger partial charge in [0.05, 0.1) is 6.26 Å². The van der Waals surface area contributed by atoms with E-state index in [1.165, 1.54) is 6.07 Å². The highest BCUT2D eigenvalue weighted by Crippen LogP contribution is 2.15. The van der Waals surface area contributed by atoms with Crippen LogP contribution in [-0.4, -0.2) is 6.54 Å². The van der Waals surface area contributed by atoms with Crippen molar-refractivity contribution in [3.05, 3.63) is 58.2 Å². The summed E-state index contributed by atoms with van der Waals surface area (Å²) in [5.41, 5.74) is 0.666. The lowest BCUT2D eigenvalue weighted by Crippen LogP contribution is -2.17. The monoisotopic (exact) mass is 297 g/mol. The second-order valence-electron chi connectivity index (χ2n) is 3.74. The van der Waals surface area contributed by atoms with Crippen molar-refractivity contribution in [2.75, 3.05) is 6.54 Å². The van der Waals surface area contributed by atoms with Crippen LogP contribution in [0.1, 0.15) is 11.3 Å². The van der Waals surface area contributed by atoms with E-state index in [9.17, 15) is 4.39 Å². The van der Waals surface area contributed by atoms with Gasteiger partial charge in [-0.1, -0.05) is 15.9 Å². The molecule has 1 aromatic heterocycles. The minimum absolute atomic E-state index is 0.182. The van der Waals surface area contributed by atoms with Gasteiger partial charge in [0, 0.05) is 29.5 Å². The van der Waals surface area contributed by atoms with Crippen LogP contribution in [0.5, 0.6) is 0 Å². The molecule has 2 nitrogen and oxygen atoms in total. The van der Waals surface area contributed by atoms with Gasteiger partial charge in [-0.05, 0) is 30.3 Å². The average molecular weight is 298 g/mol. The number of nitrogens with one attached hydrogen (secondary N) is 1. The first kappa shape index (κ1) is 12.3. The fourth-order valence-electron chi connectivity index (χ4n) is 1.57. The van der Waals surface area contributed by atoms with Gasteiger partial charge in [0.2, 0.25) is 0 Å². The lowest BCUT2D eigenvalue weighted by Gasteiger charge is -2.05. The molecule has 4 heteroatoms. The number of furan rings is 1. The fraction of sp³-hybridized carbons (Fsp3) is 0.231. The number of rotatable bonds is 5. The van der Waals surface area contributed by atoms with Gasteiger partial charge in [-0.15, -0.1) is 0 Å². The predicted molar refractivity (Wildman–Crippen MR) is 68.2 cm³/mol. The predicted octanol–water partition coefficient (Wildman–Crippen LogP) is 3.51. The standard InChI is InChI=1S/C13H13BrFNO/c14-11-3-4-13(15)10(8-11)9-16-6-5-12-2-1-7-17-12/h1-4,7-8,16H,5-6,9H2. The first-order valence-electron chi connectivity index (χ1n) is 5.43. The van der Waals surface area contributed by atoms with Gasteiger partial charge in [-0.3, -0.25) is 0 Å². The van der Waals surface area contributed by atoms with Crippen molar-refractivity contribution < 1.29 is 8.81 Å². The fourth-order valence-corrected chi connectivity index (χ4v) is 1.98. The van der Waals surface area contributed by atoms with Crippen molar-refractivity contribution in [2.24, 2.45) is 0 Å². The highest BCUT2D eigenvalue weighted by molar-refractivity contribution is 9.10. The molecular formula is C13H13BrFNO. The summed E-state index contributed by atoms with van der Waals surface area (Å²) in [6, 6.07) is 8.75. The lowest BCUT2D eigenvalue weighted by molar-refractivity contribution is 0.497. The van der Waals surface area contributed by atoms with E-state index >= 15 is 0 Å². The van der Waals surface area contributed by atoms with Crippen LogP contribution < -0.4 is 5.32 Å². The van der Waals surface area contributed by atoms with Crippen LogP contribution in [0.25, 0.3) is 0 Å². The van der Waals surface area contributed by atoms with E-state index in [1.807, 2.05) is 12.1 Å². The number of hydrogen-bond donors (Lipinski definition) is 1. The van der Waals surface area contributed by atoms with Crippen LogP contribution in [0.15, 0.2) is 45.5 Å². The lowest BCUT2D eigenvalue weighted by atomic mass is 10.2. The Balaban J connectivity index is 1.80. The smallest absolute Gasteiger partial charge is 0.127 e. The Labute approximate surface area is 108 Å². The summed E-state index contributed by atoms with van der Waals surface area (Å²) in [5.74, 6) is 0.755. The van der Waals surface area contributed by atoms with E-state index in [4.69, 9.17) is 4.42 Å². The van der Waals surface area contributed by atoms with E-state index in [1.54, 1.807) is 18.4 Å². The molecule has 0 saturated heterocycles. The summed E-state index contributed by atoms with van der Waals surface area (Å²) in [5, 5.41) is 3.19. The number of halogens is 2. The minimum atomic E-state index is -0.182. The van der Waals surface area contributed by atoms with Gasteiger partial charge in [0.1, 0.15) is 11.6 Å². The highest BCUT2D eigenvalue weighted by Gasteiger charge is 2.02. The normalized spacial score (nSPS) is 10.7. The van der Waals surface area contributed by atoms with Crippen molar-refractivity contribution in [1.29, 1.82) is 0 Å². The Morgan fingerprint density at radius 2 is 2.18 bits per heavy atom. The van der Waals surface area contributed by atoms with Crippen LogP contribution in [0, 0.1) is 5.82 Å². The molecule has 17 heavy (non-hydrogen) atoms. The van der Waals surface area contributed by atoms with Crippen LogP contribution in [0.2, 0.25) is 0 Å². The molecule has 0 spiro atoms. The SMILES string of the molecule is Fc1ccc(Br)cc1CNCCc1ccco1. The van der Waals surface area contributed by atoms with Gasteiger partial charge in [0.25, 0.3) is 0 Å². The van der Waals surface area contributed by atoms with E-state index in [0.717, 1.165) is 23.2 Å².